The number of hydrogen-bond acceptors (Lipinski definition) is 5. The number of nitrogens with one attached hydrogen (secondary N) is 1. The summed E-state index contributed by atoms with van der Waals surface area (Å²) in [7, 11) is 2.13. The number of pyridine rings is 1. The van der Waals surface area contributed by atoms with E-state index in [1.807, 2.05) is 48.8 Å². The maximum absolute atomic E-state index is 12.6. The molecule has 2 aromatic heterocycles. The van der Waals surface area contributed by atoms with Crippen LogP contribution in [-0.2, 0) is 6.54 Å². The number of piperazine rings is 1. The van der Waals surface area contributed by atoms with Gasteiger partial charge in [-0.25, -0.2) is 9.67 Å². The molecule has 1 aliphatic heterocycles. The van der Waals surface area contributed by atoms with Gasteiger partial charge in [0.2, 0.25) is 0 Å². The van der Waals surface area contributed by atoms with E-state index >= 15 is 0 Å². The first-order valence-corrected chi connectivity index (χ1v) is 10.4. The zero-order valence-electron chi connectivity index (χ0n) is 16.3. The molecule has 1 aromatic carbocycles. The van der Waals surface area contributed by atoms with Crippen LogP contribution in [0.15, 0.2) is 59.5 Å². The SMILES string of the molecule is CN1CCN(c2ncccc2CNC(=O)c2ccc(-n3cc(Br)cn3)cc2)CC1. The number of halogens is 1. The molecule has 3 aromatic rings. The van der Waals surface area contributed by atoms with Crippen molar-refractivity contribution < 1.29 is 4.79 Å². The molecule has 4 rings (SSSR count). The Morgan fingerprint density at radius 3 is 2.59 bits per heavy atom. The molecule has 0 bridgehead atoms. The molecule has 1 N–H and O–H groups in total. The van der Waals surface area contributed by atoms with Crippen LogP contribution in [-0.4, -0.2) is 58.8 Å². The van der Waals surface area contributed by atoms with E-state index in [-0.39, 0.29) is 5.91 Å². The molecule has 0 unspecified atom stereocenters. The van der Waals surface area contributed by atoms with Crippen molar-refractivity contribution in [1.29, 1.82) is 0 Å². The van der Waals surface area contributed by atoms with E-state index < -0.39 is 0 Å². The number of carbonyl (C=O) groups is 1. The Hall–Kier alpha value is -2.71. The van der Waals surface area contributed by atoms with Crippen LogP contribution >= 0.6 is 15.9 Å². The van der Waals surface area contributed by atoms with Crippen molar-refractivity contribution in [3.63, 3.8) is 0 Å². The van der Waals surface area contributed by atoms with E-state index in [1.165, 1.54) is 0 Å². The molecule has 1 fully saturated rings. The third-order valence-electron chi connectivity index (χ3n) is 5.05. The summed E-state index contributed by atoms with van der Waals surface area (Å²) in [5, 5.41) is 7.27. The lowest BCUT2D eigenvalue weighted by Crippen LogP contribution is -2.45. The number of anilines is 1. The molecule has 1 saturated heterocycles. The largest absolute Gasteiger partial charge is 0.354 e. The molecule has 3 heterocycles. The number of carbonyl (C=O) groups excluding carboxylic acids is 1. The normalized spacial score (nSPS) is 14.8. The van der Waals surface area contributed by atoms with Crippen molar-refractivity contribution in [1.82, 2.24) is 25.0 Å². The summed E-state index contributed by atoms with van der Waals surface area (Å²) in [6, 6.07) is 11.3. The van der Waals surface area contributed by atoms with Crippen LogP contribution < -0.4 is 10.2 Å². The zero-order valence-corrected chi connectivity index (χ0v) is 17.8. The topological polar surface area (TPSA) is 66.3 Å². The summed E-state index contributed by atoms with van der Waals surface area (Å²) in [5.41, 5.74) is 2.55. The molecular formula is C21H23BrN6O. The molecule has 0 radical (unpaired) electrons. The van der Waals surface area contributed by atoms with E-state index in [0.717, 1.165) is 47.7 Å². The number of benzene rings is 1. The first-order chi connectivity index (χ1) is 14.1. The van der Waals surface area contributed by atoms with Crippen LogP contribution in [0.5, 0.6) is 0 Å². The molecule has 0 spiro atoms. The molecule has 0 saturated carbocycles. The minimum atomic E-state index is -0.105. The lowest BCUT2D eigenvalue weighted by atomic mass is 10.1. The van der Waals surface area contributed by atoms with E-state index in [2.05, 4.69) is 48.2 Å². The molecule has 0 atom stereocenters. The predicted octanol–water partition coefficient (Wildman–Crippen LogP) is 2.71. The standard InChI is InChI=1S/C21H23BrN6O/c1-26-9-11-27(12-10-26)20-17(3-2-8-23-20)13-24-21(29)16-4-6-19(7-5-16)28-15-18(22)14-25-28/h2-8,14-15H,9-13H2,1H3,(H,24,29). The number of hydrogen-bond donors (Lipinski definition) is 1. The van der Waals surface area contributed by atoms with Gasteiger partial charge in [0.25, 0.3) is 5.91 Å². The van der Waals surface area contributed by atoms with E-state index in [1.54, 1.807) is 10.9 Å². The van der Waals surface area contributed by atoms with Crippen molar-refractivity contribution in [3.05, 3.63) is 70.6 Å². The molecule has 8 heteroatoms. The minimum Gasteiger partial charge on any atom is -0.354 e. The summed E-state index contributed by atoms with van der Waals surface area (Å²) >= 11 is 3.39. The highest BCUT2D eigenvalue weighted by atomic mass is 79.9. The van der Waals surface area contributed by atoms with Crippen LogP contribution in [0.25, 0.3) is 5.69 Å². The van der Waals surface area contributed by atoms with Gasteiger partial charge in [-0.15, -0.1) is 0 Å². The second-order valence-corrected chi connectivity index (χ2v) is 8.02. The summed E-state index contributed by atoms with van der Waals surface area (Å²) in [4.78, 5) is 21.8. The summed E-state index contributed by atoms with van der Waals surface area (Å²) in [6.07, 6.45) is 5.41. The Labute approximate surface area is 178 Å². The second-order valence-electron chi connectivity index (χ2n) is 7.11. The average Bonchev–Trinajstić information content (AvgIpc) is 3.19. The van der Waals surface area contributed by atoms with Gasteiger partial charge in [0, 0.05) is 56.2 Å². The number of aromatic nitrogens is 3. The number of likely N-dealkylation sites (N-methyl/N-ethyl adjacent to an activating group) is 1. The van der Waals surface area contributed by atoms with Gasteiger partial charge in [-0.2, -0.15) is 5.10 Å². The van der Waals surface area contributed by atoms with Gasteiger partial charge < -0.3 is 15.1 Å². The van der Waals surface area contributed by atoms with E-state index in [0.29, 0.717) is 12.1 Å². The lowest BCUT2D eigenvalue weighted by molar-refractivity contribution is 0.0951. The van der Waals surface area contributed by atoms with E-state index in [4.69, 9.17) is 0 Å². The highest BCUT2D eigenvalue weighted by Gasteiger charge is 2.18. The van der Waals surface area contributed by atoms with Gasteiger partial charge in [-0.1, -0.05) is 6.07 Å². The molecule has 7 nitrogen and oxygen atoms in total. The van der Waals surface area contributed by atoms with Crippen molar-refractivity contribution in [3.8, 4) is 5.69 Å². The predicted molar refractivity (Wildman–Crippen MR) is 116 cm³/mol. The Morgan fingerprint density at radius 1 is 1.14 bits per heavy atom. The van der Waals surface area contributed by atoms with Gasteiger partial charge in [-0.3, -0.25) is 4.79 Å². The minimum absolute atomic E-state index is 0.105. The second kappa shape index (κ2) is 8.75. The summed E-state index contributed by atoms with van der Waals surface area (Å²) < 4.78 is 2.66. The molecule has 29 heavy (non-hydrogen) atoms. The van der Waals surface area contributed by atoms with Gasteiger partial charge in [0.15, 0.2) is 0 Å². The Bertz CT molecular complexity index is 979. The Morgan fingerprint density at radius 2 is 1.90 bits per heavy atom. The molecule has 0 aliphatic carbocycles. The maximum Gasteiger partial charge on any atom is 0.251 e. The lowest BCUT2D eigenvalue weighted by Gasteiger charge is -2.34. The third-order valence-corrected chi connectivity index (χ3v) is 5.46. The van der Waals surface area contributed by atoms with Crippen molar-refractivity contribution in [2.75, 3.05) is 38.1 Å². The first-order valence-electron chi connectivity index (χ1n) is 9.56. The van der Waals surface area contributed by atoms with Crippen LogP contribution in [0.2, 0.25) is 0 Å². The third kappa shape index (κ3) is 4.65. The highest BCUT2D eigenvalue weighted by Crippen LogP contribution is 2.19. The van der Waals surface area contributed by atoms with Crippen LogP contribution in [0, 0.1) is 0 Å². The van der Waals surface area contributed by atoms with E-state index in [9.17, 15) is 4.79 Å². The summed E-state index contributed by atoms with van der Waals surface area (Å²) in [5.74, 6) is 0.854. The molecule has 150 valence electrons. The average molecular weight is 455 g/mol. The fourth-order valence-electron chi connectivity index (χ4n) is 3.36. The van der Waals surface area contributed by atoms with Crippen LogP contribution in [0.4, 0.5) is 5.82 Å². The molecule has 1 aliphatic rings. The van der Waals surface area contributed by atoms with Crippen molar-refractivity contribution >= 4 is 27.7 Å². The number of rotatable bonds is 5. The van der Waals surface area contributed by atoms with Crippen molar-refractivity contribution in [2.45, 2.75) is 6.54 Å². The molecular weight excluding hydrogens is 432 g/mol. The smallest absolute Gasteiger partial charge is 0.251 e. The Balaban J connectivity index is 1.41. The molecule has 1 amide bonds. The fraction of sp³-hybridized carbons (Fsp3) is 0.286. The first kappa shape index (κ1) is 19.6. The fourth-order valence-corrected chi connectivity index (χ4v) is 3.64. The van der Waals surface area contributed by atoms with Gasteiger partial charge in [0.05, 0.1) is 16.4 Å². The zero-order chi connectivity index (χ0) is 20.2. The highest BCUT2D eigenvalue weighted by molar-refractivity contribution is 9.10. The van der Waals surface area contributed by atoms with Crippen LogP contribution in [0.1, 0.15) is 15.9 Å². The van der Waals surface area contributed by atoms with Gasteiger partial charge in [0.1, 0.15) is 5.82 Å². The maximum atomic E-state index is 12.6. The van der Waals surface area contributed by atoms with Gasteiger partial charge >= 0.3 is 0 Å². The number of amides is 1. The summed E-state index contributed by atoms with van der Waals surface area (Å²) in [6.45, 7) is 4.37. The number of nitrogens with zero attached hydrogens (tertiary/aromatic N) is 5. The van der Waals surface area contributed by atoms with Crippen LogP contribution in [0.3, 0.4) is 0 Å². The van der Waals surface area contributed by atoms with Gasteiger partial charge in [-0.05, 0) is 53.3 Å². The Kier molecular flexibility index (Phi) is 5.92. The quantitative estimate of drug-likeness (QED) is 0.641. The monoisotopic (exact) mass is 454 g/mol. The van der Waals surface area contributed by atoms with Crippen molar-refractivity contribution in [2.24, 2.45) is 0 Å².